The molecule has 0 aliphatic carbocycles. The average Bonchev–Trinajstić information content (AvgIpc) is 2.95. The van der Waals surface area contributed by atoms with Crippen molar-refractivity contribution in [3.63, 3.8) is 0 Å². The van der Waals surface area contributed by atoms with Crippen LogP contribution in [0.5, 0.6) is 0 Å². The number of rotatable bonds is 6. The molecule has 0 saturated carbocycles. The molecule has 1 N–H and O–H groups in total. The number of nitrogens with zero attached hydrogens (tertiary/aromatic N) is 2. The van der Waals surface area contributed by atoms with Crippen molar-refractivity contribution in [1.29, 1.82) is 0 Å². The van der Waals surface area contributed by atoms with Crippen LogP contribution in [0.4, 0.5) is 0 Å². The fourth-order valence-electron chi connectivity index (χ4n) is 2.31. The lowest BCUT2D eigenvalue weighted by atomic mass is 10.1. The number of nitrogens with one attached hydrogen (secondary N) is 1. The first-order chi connectivity index (χ1) is 9.36. The predicted molar refractivity (Wildman–Crippen MR) is 77.2 cm³/mol. The van der Waals surface area contributed by atoms with Crippen LogP contribution in [-0.4, -0.2) is 35.6 Å². The first-order valence-electron chi connectivity index (χ1n) is 6.80. The summed E-state index contributed by atoms with van der Waals surface area (Å²) in [5, 5.41) is 5.37. The molecule has 0 atom stereocenters. The zero-order chi connectivity index (χ0) is 13.1. The van der Waals surface area contributed by atoms with Crippen LogP contribution in [0.15, 0.2) is 28.2 Å². The van der Waals surface area contributed by atoms with Gasteiger partial charge in [0.25, 0.3) is 0 Å². The largest absolute Gasteiger partial charge is 0.444 e. The Morgan fingerprint density at radius 3 is 3.05 bits per heavy atom. The molecule has 2 aromatic heterocycles. The van der Waals surface area contributed by atoms with Crippen LogP contribution in [0.3, 0.4) is 0 Å². The van der Waals surface area contributed by atoms with E-state index in [1.165, 1.54) is 6.42 Å². The topological polar surface area (TPSA) is 41.3 Å². The molecule has 0 unspecified atom stereocenters. The fourth-order valence-corrected chi connectivity index (χ4v) is 2.97. The Morgan fingerprint density at radius 1 is 1.53 bits per heavy atom. The minimum atomic E-state index is 0.654. The highest BCUT2D eigenvalue weighted by Gasteiger charge is 2.24. The summed E-state index contributed by atoms with van der Waals surface area (Å²) in [7, 11) is 0. The Morgan fingerprint density at radius 2 is 2.42 bits per heavy atom. The Labute approximate surface area is 117 Å². The molecule has 2 aromatic rings. The lowest BCUT2D eigenvalue weighted by molar-refractivity contribution is 0.136. The maximum atomic E-state index is 5.58. The SMILES string of the molecule is CCCN(Cc1coc(-c2cccs2)n1)C1CNC1. The van der Waals surface area contributed by atoms with Crippen LogP contribution in [0.1, 0.15) is 19.0 Å². The Hall–Kier alpha value is -1.17. The molecule has 1 aliphatic rings. The van der Waals surface area contributed by atoms with Crippen molar-refractivity contribution in [3.8, 4) is 10.8 Å². The minimum Gasteiger partial charge on any atom is -0.444 e. The first kappa shape index (κ1) is 12.8. The van der Waals surface area contributed by atoms with Gasteiger partial charge < -0.3 is 9.73 Å². The average molecular weight is 277 g/mol. The minimum absolute atomic E-state index is 0.654. The molecule has 3 rings (SSSR count). The third-order valence-electron chi connectivity index (χ3n) is 3.44. The van der Waals surface area contributed by atoms with Gasteiger partial charge in [-0.1, -0.05) is 13.0 Å². The normalized spacial score (nSPS) is 15.9. The Balaban J connectivity index is 1.68. The molecule has 0 amide bonds. The van der Waals surface area contributed by atoms with Crippen molar-refractivity contribution >= 4 is 11.3 Å². The molecule has 0 spiro atoms. The molecule has 0 aromatic carbocycles. The van der Waals surface area contributed by atoms with Crippen molar-refractivity contribution in [2.24, 2.45) is 0 Å². The second kappa shape index (κ2) is 5.86. The monoisotopic (exact) mass is 277 g/mol. The number of hydrogen-bond donors (Lipinski definition) is 1. The summed E-state index contributed by atoms with van der Waals surface area (Å²) >= 11 is 1.66. The third kappa shape index (κ3) is 2.88. The lowest BCUT2D eigenvalue weighted by Gasteiger charge is -2.37. The van der Waals surface area contributed by atoms with Crippen molar-refractivity contribution in [1.82, 2.24) is 15.2 Å². The van der Waals surface area contributed by atoms with E-state index in [0.29, 0.717) is 6.04 Å². The van der Waals surface area contributed by atoms with Gasteiger partial charge in [-0.05, 0) is 24.4 Å². The zero-order valence-electron chi connectivity index (χ0n) is 11.1. The summed E-state index contributed by atoms with van der Waals surface area (Å²) < 4.78 is 5.58. The molecule has 19 heavy (non-hydrogen) atoms. The van der Waals surface area contributed by atoms with Crippen molar-refractivity contribution in [3.05, 3.63) is 29.5 Å². The number of thiophene rings is 1. The van der Waals surface area contributed by atoms with Crippen molar-refractivity contribution < 1.29 is 4.42 Å². The highest BCUT2D eigenvalue weighted by atomic mass is 32.1. The number of aromatic nitrogens is 1. The van der Waals surface area contributed by atoms with Gasteiger partial charge in [0.05, 0.1) is 10.6 Å². The molecule has 1 aliphatic heterocycles. The van der Waals surface area contributed by atoms with Gasteiger partial charge in [0.2, 0.25) is 5.89 Å². The quantitative estimate of drug-likeness (QED) is 0.881. The van der Waals surface area contributed by atoms with Gasteiger partial charge in [-0.15, -0.1) is 11.3 Å². The van der Waals surface area contributed by atoms with Crippen LogP contribution in [-0.2, 0) is 6.54 Å². The summed E-state index contributed by atoms with van der Waals surface area (Å²) in [6.07, 6.45) is 2.97. The highest BCUT2D eigenvalue weighted by Crippen LogP contribution is 2.24. The van der Waals surface area contributed by atoms with E-state index in [0.717, 1.165) is 42.6 Å². The molecule has 4 nitrogen and oxygen atoms in total. The molecular formula is C14H19N3OS. The summed E-state index contributed by atoms with van der Waals surface area (Å²) in [4.78, 5) is 8.19. The number of hydrogen-bond acceptors (Lipinski definition) is 5. The smallest absolute Gasteiger partial charge is 0.236 e. The predicted octanol–water partition coefficient (Wildman–Crippen LogP) is 2.59. The molecule has 5 heteroatoms. The van der Waals surface area contributed by atoms with Crippen LogP contribution in [0.25, 0.3) is 10.8 Å². The van der Waals surface area contributed by atoms with E-state index in [-0.39, 0.29) is 0 Å². The van der Waals surface area contributed by atoms with E-state index in [9.17, 15) is 0 Å². The molecule has 1 fully saturated rings. The maximum Gasteiger partial charge on any atom is 0.236 e. The zero-order valence-corrected chi connectivity index (χ0v) is 11.9. The molecule has 1 saturated heterocycles. The summed E-state index contributed by atoms with van der Waals surface area (Å²) in [5.74, 6) is 0.744. The van der Waals surface area contributed by atoms with Gasteiger partial charge in [0, 0.05) is 25.7 Å². The van der Waals surface area contributed by atoms with Gasteiger partial charge in [-0.2, -0.15) is 0 Å². The molecule has 0 bridgehead atoms. The molecule has 0 radical (unpaired) electrons. The second-order valence-electron chi connectivity index (χ2n) is 4.90. The lowest BCUT2D eigenvalue weighted by Crippen LogP contribution is -2.57. The van der Waals surface area contributed by atoms with Gasteiger partial charge in [-0.3, -0.25) is 4.90 Å². The maximum absolute atomic E-state index is 5.58. The van der Waals surface area contributed by atoms with Crippen LogP contribution < -0.4 is 5.32 Å². The Bertz CT molecular complexity index is 505. The highest BCUT2D eigenvalue weighted by molar-refractivity contribution is 7.13. The fraction of sp³-hybridized carbons (Fsp3) is 0.500. The van der Waals surface area contributed by atoms with E-state index in [1.807, 2.05) is 17.5 Å². The van der Waals surface area contributed by atoms with E-state index >= 15 is 0 Å². The summed E-state index contributed by atoms with van der Waals surface area (Å²) in [6.45, 7) is 6.41. The van der Waals surface area contributed by atoms with E-state index in [1.54, 1.807) is 17.6 Å². The third-order valence-corrected chi connectivity index (χ3v) is 4.29. The van der Waals surface area contributed by atoms with E-state index in [4.69, 9.17) is 4.42 Å². The molecular weight excluding hydrogens is 258 g/mol. The van der Waals surface area contributed by atoms with Crippen LogP contribution in [0.2, 0.25) is 0 Å². The standard InChI is InChI=1S/C14H19N3OS/c1-2-5-17(12-7-15-8-12)9-11-10-18-14(16-11)13-4-3-6-19-13/h3-4,6,10,12,15H,2,5,7-9H2,1H3. The Kier molecular flexibility index (Phi) is 3.96. The van der Waals surface area contributed by atoms with Crippen LogP contribution >= 0.6 is 11.3 Å². The molecule has 102 valence electrons. The van der Waals surface area contributed by atoms with Crippen molar-refractivity contribution in [2.75, 3.05) is 19.6 Å². The van der Waals surface area contributed by atoms with Gasteiger partial charge in [-0.25, -0.2) is 4.98 Å². The van der Waals surface area contributed by atoms with Crippen molar-refractivity contribution in [2.45, 2.75) is 25.9 Å². The van der Waals surface area contributed by atoms with E-state index in [2.05, 4.69) is 22.1 Å². The van der Waals surface area contributed by atoms with Gasteiger partial charge in [0.1, 0.15) is 6.26 Å². The number of oxazole rings is 1. The molecule has 3 heterocycles. The van der Waals surface area contributed by atoms with Gasteiger partial charge in [0.15, 0.2) is 0 Å². The first-order valence-corrected chi connectivity index (χ1v) is 7.68. The second-order valence-corrected chi connectivity index (χ2v) is 5.85. The summed E-state index contributed by atoms with van der Waals surface area (Å²) in [5.41, 5.74) is 1.03. The summed E-state index contributed by atoms with van der Waals surface area (Å²) in [6, 6.07) is 4.72. The van der Waals surface area contributed by atoms with Crippen LogP contribution in [0, 0.1) is 0 Å². The van der Waals surface area contributed by atoms with E-state index < -0.39 is 0 Å². The van der Waals surface area contributed by atoms with Gasteiger partial charge >= 0.3 is 0 Å².